The summed E-state index contributed by atoms with van der Waals surface area (Å²) in [7, 11) is 0. The lowest BCUT2D eigenvalue weighted by Gasteiger charge is -2.36. The average molecular weight is 317 g/mol. The zero-order chi connectivity index (χ0) is 16.1. The van der Waals surface area contributed by atoms with E-state index in [1.54, 1.807) is 18.4 Å². The summed E-state index contributed by atoms with van der Waals surface area (Å²) < 4.78 is 5.13. The summed E-state index contributed by atoms with van der Waals surface area (Å²) in [5.41, 5.74) is 1.40. The summed E-state index contributed by atoms with van der Waals surface area (Å²) in [6, 6.07) is 3.19. The van der Waals surface area contributed by atoms with Gasteiger partial charge in [-0.25, -0.2) is 4.79 Å². The van der Waals surface area contributed by atoms with Crippen molar-refractivity contribution in [1.82, 2.24) is 15.5 Å². The predicted molar refractivity (Wildman–Crippen MR) is 85.6 cm³/mol. The zero-order valence-electron chi connectivity index (χ0n) is 13.2. The second-order valence-electron chi connectivity index (χ2n) is 6.13. The molecule has 1 fully saturated rings. The quantitative estimate of drug-likeness (QED) is 0.835. The molecule has 23 heavy (non-hydrogen) atoms. The second-order valence-corrected chi connectivity index (χ2v) is 6.13. The molecule has 1 aliphatic heterocycles. The van der Waals surface area contributed by atoms with E-state index >= 15 is 0 Å². The minimum atomic E-state index is -0.360. The van der Waals surface area contributed by atoms with Crippen molar-refractivity contribution in [1.29, 1.82) is 0 Å². The van der Waals surface area contributed by atoms with Gasteiger partial charge >= 0.3 is 6.03 Å². The van der Waals surface area contributed by atoms with Gasteiger partial charge in [-0.3, -0.25) is 4.79 Å². The van der Waals surface area contributed by atoms with Crippen LogP contribution in [-0.4, -0.2) is 36.5 Å². The van der Waals surface area contributed by atoms with Gasteiger partial charge in [-0.15, -0.1) is 0 Å². The molecule has 2 aliphatic rings. The first kappa shape index (κ1) is 15.6. The Bertz CT molecular complexity index is 580. The van der Waals surface area contributed by atoms with Gasteiger partial charge in [0.25, 0.3) is 0 Å². The Labute approximate surface area is 135 Å². The van der Waals surface area contributed by atoms with Crippen LogP contribution in [0.25, 0.3) is 0 Å². The summed E-state index contributed by atoms with van der Waals surface area (Å²) >= 11 is 0. The van der Waals surface area contributed by atoms with Gasteiger partial charge in [0.2, 0.25) is 5.91 Å². The van der Waals surface area contributed by atoms with Crippen LogP contribution >= 0.6 is 0 Å². The normalized spacial score (nSPS) is 20.4. The highest BCUT2D eigenvalue weighted by molar-refractivity contribution is 5.84. The molecule has 2 N–H and O–H groups in total. The molecule has 0 bridgehead atoms. The first-order valence-corrected chi connectivity index (χ1v) is 8.23. The third-order valence-electron chi connectivity index (χ3n) is 4.56. The average Bonchev–Trinajstić information content (AvgIpc) is 3.11. The van der Waals surface area contributed by atoms with Gasteiger partial charge in [0.05, 0.1) is 19.4 Å². The minimum absolute atomic E-state index is 0.0249. The number of carbonyl (C=O) groups excluding carboxylic acids is 2. The molecule has 0 radical (unpaired) electrons. The largest absolute Gasteiger partial charge is 0.467 e. The molecule has 1 aromatic heterocycles. The minimum Gasteiger partial charge on any atom is -0.467 e. The molecule has 0 aromatic carbocycles. The smallest absolute Gasteiger partial charge is 0.315 e. The van der Waals surface area contributed by atoms with Crippen molar-refractivity contribution in [3.63, 3.8) is 0 Å². The maximum Gasteiger partial charge on any atom is 0.315 e. The monoisotopic (exact) mass is 317 g/mol. The zero-order valence-corrected chi connectivity index (χ0v) is 13.2. The number of likely N-dealkylation sites (tertiary alicyclic amines) is 1. The Morgan fingerprint density at radius 2 is 2.22 bits per heavy atom. The fraction of sp³-hybridized carbons (Fsp3) is 0.529. The Morgan fingerprint density at radius 1 is 1.30 bits per heavy atom. The number of nitrogens with zero attached hydrogens (tertiary/aromatic N) is 1. The lowest BCUT2D eigenvalue weighted by Crippen LogP contribution is -2.47. The molecule has 6 heteroatoms. The number of furan rings is 1. The molecule has 1 aromatic rings. The van der Waals surface area contributed by atoms with Gasteiger partial charge in [0, 0.05) is 13.1 Å². The number of rotatable bonds is 4. The number of hydrogen-bond donors (Lipinski definition) is 2. The Balaban J connectivity index is 1.40. The van der Waals surface area contributed by atoms with Crippen LogP contribution in [0.5, 0.6) is 0 Å². The van der Waals surface area contributed by atoms with Gasteiger partial charge in [0.15, 0.2) is 0 Å². The van der Waals surface area contributed by atoms with Crippen molar-refractivity contribution in [2.75, 3.05) is 19.6 Å². The number of hydrogen-bond acceptors (Lipinski definition) is 3. The van der Waals surface area contributed by atoms with Crippen molar-refractivity contribution in [2.24, 2.45) is 5.92 Å². The maximum atomic E-state index is 12.2. The van der Waals surface area contributed by atoms with Crippen LogP contribution < -0.4 is 10.6 Å². The molecule has 0 spiro atoms. The van der Waals surface area contributed by atoms with Crippen LogP contribution in [0.3, 0.4) is 0 Å². The lowest BCUT2D eigenvalue weighted by molar-refractivity contribution is -0.130. The van der Waals surface area contributed by atoms with E-state index in [4.69, 9.17) is 4.42 Å². The van der Waals surface area contributed by atoms with Crippen molar-refractivity contribution in [3.8, 4) is 0 Å². The summed E-state index contributed by atoms with van der Waals surface area (Å²) in [5.74, 6) is 1.32. The molecule has 1 unspecified atom stereocenters. The van der Waals surface area contributed by atoms with E-state index in [1.807, 2.05) is 4.90 Å². The van der Waals surface area contributed by atoms with Gasteiger partial charge in [-0.1, -0.05) is 11.6 Å². The van der Waals surface area contributed by atoms with Crippen molar-refractivity contribution in [2.45, 2.75) is 32.2 Å². The molecule has 1 aliphatic carbocycles. The first-order chi connectivity index (χ1) is 11.2. The van der Waals surface area contributed by atoms with Crippen LogP contribution in [0, 0.1) is 5.92 Å². The molecular weight excluding hydrogens is 294 g/mol. The van der Waals surface area contributed by atoms with Gasteiger partial charge in [-0.05, 0) is 43.7 Å². The van der Waals surface area contributed by atoms with E-state index in [0.717, 1.165) is 25.9 Å². The van der Waals surface area contributed by atoms with E-state index in [9.17, 15) is 9.59 Å². The first-order valence-electron chi connectivity index (χ1n) is 8.23. The van der Waals surface area contributed by atoms with Crippen LogP contribution in [-0.2, 0) is 11.3 Å². The topological polar surface area (TPSA) is 74.6 Å². The Morgan fingerprint density at radius 3 is 3.04 bits per heavy atom. The molecule has 1 saturated heterocycles. The molecule has 3 rings (SSSR count). The Kier molecular flexibility index (Phi) is 5.00. The van der Waals surface area contributed by atoms with E-state index in [2.05, 4.69) is 16.7 Å². The van der Waals surface area contributed by atoms with Gasteiger partial charge < -0.3 is 20.0 Å². The van der Waals surface area contributed by atoms with Crippen molar-refractivity contribution >= 4 is 11.9 Å². The molecule has 3 amide bonds. The molecule has 1 atom stereocenters. The van der Waals surface area contributed by atoms with Crippen molar-refractivity contribution in [3.05, 3.63) is 35.8 Å². The molecular formula is C17H23N3O3. The maximum absolute atomic E-state index is 12.2. The van der Waals surface area contributed by atoms with Crippen molar-refractivity contribution < 1.29 is 14.0 Å². The highest BCUT2D eigenvalue weighted by atomic mass is 16.3. The SMILES string of the molecule is O=C(NCC(=O)N1CCC2CCCC=C2C1)NCc1ccco1. The molecule has 2 heterocycles. The number of allylic oxidation sites excluding steroid dienone is 1. The van der Waals surface area contributed by atoms with E-state index in [1.165, 1.54) is 18.4 Å². The molecule has 124 valence electrons. The molecule has 6 nitrogen and oxygen atoms in total. The number of amides is 3. The fourth-order valence-corrected chi connectivity index (χ4v) is 3.26. The number of nitrogens with one attached hydrogen (secondary N) is 2. The number of urea groups is 1. The van der Waals surface area contributed by atoms with E-state index < -0.39 is 0 Å². The highest BCUT2D eigenvalue weighted by Gasteiger charge is 2.27. The fourth-order valence-electron chi connectivity index (χ4n) is 3.26. The summed E-state index contributed by atoms with van der Waals surface area (Å²) in [4.78, 5) is 25.8. The third kappa shape index (κ3) is 4.15. The van der Waals surface area contributed by atoms with Gasteiger partial charge in [0.1, 0.15) is 5.76 Å². The lowest BCUT2D eigenvalue weighted by atomic mass is 9.82. The third-order valence-corrected chi connectivity index (χ3v) is 4.56. The number of carbonyl (C=O) groups is 2. The standard InChI is InChI=1S/C17H23N3O3/c21-16(11-19-17(22)18-10-15-6-3-9-23-15)20-8-7-13-4-1-2-5-14(13)12-20/h3,5-6,9,13H,1-2,4,7-8,10-12H2,(H2,18,19,22). The van der Waals surface area contributed by atoms with Gasteiger partial charge in [-0.2, -0.15) is 0 Å². The summed E-state index contributed by atoms with van der Waals surface area (Å²) in [6.07, 6.45) is 8.53. The van der Waals surface area contributed by atoms with Crippen LogP contribution in [0.1, 0.15) is 31.4 Å². The second kappa shape index (κ2) is 7.35. The summed E-state index contributed by atoms with van der Waals surface area (Å²) in [5, 5.41) is 5.27. The predicted octanol–water partition coefficient (Wildman–Crippen LogP) is 2.04. The van der Waals surface area contributed by atoms with E-state index in [-0.39, 0.29) is 18.5 Å². The molecule has 0 saturated carbocycles. The van der Waals surface area contributed by atoms with Crippen LogP contribution in [0.2, 0.25) is 0 Å². The Hall–Kier alpha value is -2.24. The number of fused-ring (bicyclic) bond motifs is 1. The van der Waals surface area contributed by atoms with Crippen LogP contribution in [0.4, 0.5) is 4.79 Å². The van der Waals surface area contributed by atoms with Crippen LogP contribution in [0.15, 0.2) is 34.5 Å². The number of piperidine rings is 1. The van der Waals surface area contributed by atoms with E-state index in [0.29, 0.717) is 18.2 Å². The summed E-state index contributed by atoms with van der Waals surface area (Å²) in [6.45, 7) is 1.85. The highest BCUT2D eigenvalue weighted by Crippen LogP contribution is 2.31.